The molecule has 4 aliphatic heterocycles. The molecule has 1 unspecified atom stereocenters. The van der Waals surface area contributed by atoms with Crippen LogP contribution in [-0.2, 0) is 19.4 Å². The molecule has 11 nitrogen and oxygen atoms in total. The maximum Gasteiger partial charge on any atom is 0.397 e. The second kappa shape index (κ2) is 6.53. The van der Waals surface area contributed by atoms with Crippen molar-refractivity contribution in [3.63, 3.8) is 0 Å². The third-order valence-corrected chi connectivity index (χ3v) is 6.17. The third-order valence-electron chi connectivity index (χ3n) is 5.68. The van der Waals surface area contributed by atoms with E-state index in [4.69, 9.17) is 8.74 Å². The van der Waals surface area contributed by atoms with Crippen LogP contribution in [0.4, 0.5) is 4.79 Å². The lowest BCUT2D eigenvalue weighted by molar-refractivity contribution is -0.620. The summed E-state index contributed by atoms with van der Waals surface area (Å²) in [7, 11) is -4.52. The molecule has 0 aliphatic carbocycles. The third kappa shape index (κ3) is 3.69. The van der Waals surface area contributed by atoms with Crippen LogP contribution in [0, 0.1) is 5.92 Å². The molecule has 0 spiro atoms. The number of imide groups is 1. The van der Waals surface area contributed by atoms with Crippen LogP contribution in [0.2, 0.25) is 0 Å². The molecule has 148 valence electrons. The van der Waals surface area contributed by atoms with Gasteiger partial charge in [-0.2, -0.15) is 8.42 Å². The molecule has 3 amide bonds. The van der Waals surface area contributed by atoms with Crippen molar-refractivity contribution in [2.24, 2.45) is 10.9 Å². The predicted molar refractivity (Wildman–Crippen MR) is 92.8 cm³/mol. The number of hydrogen-bond acceptors (Lipinski definition) is 7. The molecule has 4 N–H and O–H groups in total. The zero-order chi connectivity index (χ0) is 19.3. The van der Waals surface area contributed by atoms with Crippen molar-refractivity contribution >= 4 is 34.0 Å². The number of aliphatic imine (C=N–C) groups is 1. The number of guanidine groups is 1. The van der Waals surface area contributed by atoms with Gasteiger partial charge in [0.1, 0.15) is 6.04 Å². The second-order valence-electron chi connectivity index (χ2n) is 7.50. The number of amides is 3. The Morgan fingerprint density at radius 2 is 2.11 bits per heavy atom. The first-order chi connectivity index (χ1) is 12.7. The van der Waals surface area contributed by atoms with Gasteiger partial charge in [0.2, 0.25) is 5.91 Å². The summed E-state index contributed by atoms with van der Waals surface area (Å²) in [5.41, 5.74) is 0.528. The fourth-order valence-electron chi connectivity index (χ4n) is 4.59. The van der Waals surface area contributed by atoms with E-state index in [1.807, 2.05) is 6.92 Å². The maximum atomic E-state index is 11.5. The van der Waals surface area contributed by atoms with E-state index < -0.39 is 22.5 Å². The van der Waals surface area contributed by atoms with Crippen molar-refractivity contribution in [2.45, 2.75) is 56.8 Å². The van der Waals surface area contributed by atoms with Crippen LogP contribution in [0.3, 0.4) is 0 Å². The van der Waals surface area contributed by atoms with Crippen LogP contribution in [0.15, 0.2) is 4.99 Å². The molecule has 1 fully saturated rings. The summed E-state index contributed by atoms with van der Waals surface area (Å²) >= 11 is 0. The zero-order valence-corrected chi connectivity index (χ0v) is 15.5. The van der Waals surface area contributed by atoms with Gasteiger partial charge in [-0.1, -0.05) is 6.92 Å². The highest BCUT2D eigenvalue weighted by Crippen LogP contribution is 2.34. The molecule has 0 aromatic rings. The van der Waals surface area contributed by atoms with Gasteiger partial charge in [0, 0.05) is 30.9 Å². The quantitative estimate of drug-likeness (QED) is 0.338. The van der Waals surface area contributed by atoms with Gasteiger partial charge in [-0.15, -0.1) is 0 Å². The van der Waals surface area contributed by atoms with E-state index in [-0.39, 0.29) is 36.4 Å². The molecule has 4 rings (SSSR count). The van der Waals surface area contributed by atoms with E-state index in [1.54, 1.807) is 0 Å². The summed E-state index contributed by atoms with van der Waals surface area (Å²) in [4.78, 5) is 26.9. The van der Waals surface area contributed by atoms with Crippen LogP contribution in [0.5, 0.6) is 0 Å². The number of rotatable bonds is 4. The SMILES string of the molecule is C[C@@H]1C2CNC3=[N+]2[C@@H](C[C@H](CC2=NC(=O)NC(=O)C2)N3)C[C@@H]1OS(=O)(=O)O. The summed E-state index contributed by atoms with van der Waals surface area (Å²) in [6.07, 6.45) is 1.06. The molecule has 0 saturated carbocycles. The minimum Gasteiger partial charge on any atom is -0.276 e. The lowest BCUT2D eigenvalue weighted by Gasteiger charge is -2.40. The average Bonchev–Trinajstić information content (AvgIpc) is 2.94. The van der Waals surface area contributed by atoms with Gasteiger partial charge < -0.3 is 0 Å². The van der Waals surface area contributed by atoms with Crippen molar-refractivity contribution in [1.29, 1.82) is 0 Å². The monoisotopic (exact) mass is 400 g/mol. The topological polar surface area (TPSA) is 149 Å². The van der Waals surface area contributed by atoms with Crippen LogP contribution in [0.25, 0.3) is 0 Å². The number of hydrogen-bond donors (Lipinski definition) is 4. The van der Waals surface area contributed by atoms with E-state index in [0.717, 1.165) is 5.96 Å². The van der Waals surface area contributed by atoms with E-state index in [0.29, 0.717) is 31.5 Å². The van der Waals surface area contributed by atoms with Crippen LogP contribution >= 0.6 is 0 Å². The first-order valence-corrected chi connectivity index (χ1v) is 10.3. The Hall–Kier alpha value is -2.05. The largest absolute Gasteiger partial charge is 0.397 e. The van der Waals surface area contributed by atoms with Gasteiger partial charge in [0.25, 0.3) is 0 Å². The van der Waals surface area contributed by atoms with Crippen molar-refractivity contribution in [1.82, 2.24) is 16.0 Å². The Kier molecular flexibility index (Phi) is 4.43. The number of carbonyl (C=O) groups excluding carboxylic acids is 2. The normalized spacial score (nSPS) is 35.8. The minimum atomic E-state index is -4.52. The fourth-order valence-corrected chi connectivity index (χ4v) is 5.16. The minimum absolute atomic E-state index is 0.0166. The molecule has 4 aliphatic rings. The summed E-state index contributed by atoms with van der Waals surface area (Å²) in [5, 5.41) is 8.85. The number of piperidine rings is 1. The van der Waals surface area contributed by atoms with Crippen molar-refractivity contribution in [2.75, 3.05) is 6.54 Å². The molecule has 0 aromatic carbocycles. The molecule has 27 heavy (non-hydrogen) atoms. The van der Waals surface area contributed by atoms with Gasteiger partial charge >= 0.3 is 22.4 Å². The lowest BCUT2D eigenvalue weighted by Crippen LogP contribution is -2.59. The van der Waals surface area contributed by atoms with Crippen molar-refractivity contribution in [3.8, 4) is 0 Å². The highest BCUT2D eigenvalue weighted by molar-refractivity contribution is 7.80. The fraction of sp³-hybridized carbons (Fsp3) is 0.733. The van der Waals surface area contributed by atoms with Gasteiger partial charge in [-0.05, 0) is 0 Å². The molecule has 12 heteroatoms. The smallest absolute Gasteiger partial charge is 0.276 e. The Morgan fingerprint density at radius 3 is 2.81 bits per heavy atom. The molecule has 5 atom stereocenters. The molecule has 0 bridgehead atoms. The maximum absolute atomic E-state index is 11.5. The molecular weight excluding hydrogens is 378 g/mol. The van der Waals surface area contributed by atoms with Crippen LogP contribution in [-0.4, -0.2) is 71.9 Å². The van der Waals surface area contributed by atoms with E-state index in [2.05, 4.69) is 25.5 Å². The number of urea groups is 1. The average molecular weight is 400 g/mol. The standard InChI is InChI=1S/C15H21N5O6S/c1-7-11-6-16-14-17-8(2-9-4-13(21)19-15(22)18-9)3-10(20(11)14)5-12(7)26-27(23,24)25/h7-8,10-12H,2-6H2,1H3,(H3,16,17,19,21,22,23,24,25)/p+1/t7-,8+,10+,11?,12+/m1/s1. The summed E-state index contributed by atoms with van der Waals surface area (Å²) in [6.45, 7) is 2.55. The number of nitrogens with zero attached hydrogens (tertiary/aromatic N) is 2. The first kappa shape index (κ1) is 18.3. The second-order valence-corrected chi connectivity index (χ2v) is 8.55. The molecule has 0 radical (unpaired) electrons. The number of nitrogens with one attached hydrogen (secondary N) is 3. The first-order valence-electron chi connectivity index (χ1n) is 8.91. The van der Waals surface area contributed by atoms with Crippen LogP contribution in [0.1, 0.15) is 32.6 Å². The van der Waals surface area contributed by atoms with Crippen LogP contribution < -0.4 is 16.0 Å². The Bertz CT molecular complexity index is 853. The lowest BCUT2D eigenvalue weighted by atomic mass is 9.82. The van der Waals surface area contributed by atoms with Crippen molar-refractivity contribution in [3.05, 3.63) is 0 Å². The van der Waals surface area contributed by atoms with E-state index in [9.17, 15) is 18.0 Å². The van der Waals surface area contributed by atoms with E-state index >= 15 is 0 Å². The Morgan fingerprint density at radius 1 is 1.33 bits per heavy atom. The molecule has 4 heterocycles. The van der Waals surface area contributed by atoms with Gasteiger partial charge in [-0.3, -0.25) is 29.9 Å². The highest BCUT2D eigenvalue weighted by atomic mass is 32.3. The predicted octanol–water partition coefficient (Wildman–Crippen LogP) is -1.24. The highest BCUT2D eigenvalue weighted by Gasteiger charge is 2.51. The summed E-state index contributed by atoms with van der Waals surface area (Å²) in [6, 6.07) is -0.621. The van der Waals surface area contributed by atoms with Gasteiger partial charge in [-0.25, -0.2) is 14.0 Å². The summed E-state index contributed by atoms with van der Waals surface area (Å²) < 4.78 is 38.6. The summed E-state index contributed by atoms with van der Waals surface area (Å²) in [5.74, 6) is 0.420. The molecule has 0 aromatic heterocycles. The number of carbonyl (C=O) groups is 2. The Labute approximate surface area is 156 Å². The Balaban J connectivity index is 1.52. The molecule has 1 saturated heterocycles. The molecular formula is C15H22N5O6S+. The zero-order valence-electron chi connectivity index (χ0n) is 14.7. The van der Waals surface area contributed by atoms with E-state index in [1.165, 1.54) is 0 Å². The van der Waals surface area contributed by atoms with Gasteiger partial charge in [0.05, 0.1) is 31.2 Å². The van der Waals surface area contributed by atoms with Crippen molar-refractivity contribution < 1.29 is 31.3 Å². The van der Waals surface area contributed by atoms with Gasteiger partial charge in [0.15, 0.2) is 0 Å².